The molecule has 21 heavy (non-hydrogen) atoms. The van der Waals surface area contributed by atoms with Crippen molar-refractivity contribution < 1.29 is 0 Å². The van der Waals surface area contributed by atoms with Crippen LogP contribution in [0.5, 0.6) is 0 Å². The van der Waals surface area contributed by atoms with E-state index in [1.54, 1.807) is 0 Å². The summed E-state index contributed by atoms with van der Waals surface area (Å²) < 4.78 is 0. The maximum Gasteiger partial charge on any atom is 0.0754 e. The normalized spacial score (nSPS) is 12.4. The lowest BCUT2D eigenvalue weighted by Gasteiger charge is -2.21. The molecule has 1 heterocycles. The van der Waals surface area contributed by atoms with Crippen LogP contribution in [0.25, 0.3) is 0 Å². The number of aromatic nitrogens is 1. The number of pyridine rings is 1. The van der Waals surface area contributed by atoms with Crippen molar-refractivity contribution in [2.75, 3.05) is 6.54 Å². The highest BCUT2D eigenvalue weighted by molar-refractivity contribution is 6.42. The fourth-order valence-electron chi connectivity index (χ4n) is 2.36. The fraction of sp³-hybridized carbons (Fsp3) is 0.353. The van der Waals surface area contributed by atoms with Gasteiger partial charge in [0.05, 0.1) is 21.8 Å². The predicted molar refractivity (Wildman–Crippen MR) is 90.2 cm³/mol. The first-order chi connectivity index (χ1) is 10.2. The molecule has 2 aromatic rings. The first kappa shape index (κ1) is 16.3. The molecule has 4 heteroatoms. The first-order valence-corrected chi connectivity index (χ1v) is 8.05. The van der Waals surface area contributed by atoms with Gasteiger partial charge in [0, 0.05) is 6.20 Å². The molecular formula is C17H20Cl2N2. The van der Waals surface area contributed by atoms with Gasteiger partial charge in [-0.15, -0.1) is 0 Å². The third-order valence-electron chi connectivity index (χ3n) is 3.46. The van der Waals surface area contributed by atoms with Crippen LogP contribution < -0.4 is 5.32 Å². The van der Waals surface area contributed by atoms with Crippen LogP contribution in [0.4, 0.5) is 0 Å². The van der Waals surface area contributed by atoms with Crippen molar-refractivity contribution >= 4 is 23.2 Å². The molecule has 1 aromatic carbocycles. The van der Waals surface area contributed by atoms with Gasteiger partial charge < -0.3 is 5.32 Å². The highest BCUT2D eigenvalue weighted by Gasteiger charge is 2.18. The second kappa shape index (κ2) is 7.79. The number of aryl methyl sites for hydroxylation is 1. The Morgan fingerprint density at radius 2 is 1.95 bits per heavy atom. The van der Waals surface area contributed by atoms with Crippen molar-refractivity contribution in [1.29, 1.82) is 0 Å². The van der Waals surface area contributed by atoms with E-state index in [1.165, 1.54) is 5.56 Å². The minimum absolute atomic E-state index is 0.0378. The van der Waals surface area contributed by atoms with Crippen LogP contribution in [-0.4, -0.2) is 11.5 Å². The monoisotopic (exact) mass is 322 g/mol. The van der Waals surface area contributed by atoms with Gasteiger partial charge in [0.25, 0.3) is 0 Å². The van der Waals surface area contributed by atoms with E-state index in [-0.39, 0.29) is 6.04 Å². The van der Waals surface area contributed by atoms with Gasteiger partial charge in [-0.1, -0.05) is 49.2 Å². The third kappa shape index (κ3) is 3.97. The van der Waals surface area contributed by atoms with Crippen molar-refractivity contribution in [2.24, 2.45) is 0 Å². The van der Waals surface area contributed by atoms with Crippen LogP contribution in [0.15, 0.2) is 36.5 Å². The van der Waals surface area contributed by atoms with Gasteiger partial charge in [-0.05, 0) is 48.7 Å². The molecule has 112 valence electrons. The first-order valence-electron chi connectivity index (χ1n) is 7.29. The number of rotatable bonds is 6. The molecule has 2 nitrogen and oxygen atoms in total. The van der Waals surface area contributed by atoms with Gasteiger partial charge in [0.15, 0.2) is 0 Å². The van der Waals surface area contributed by atoms with Gasteiger partial charge in [0.2, 0.25) is 0 Å². The molecule has 1 aromatic heterocycles. The van der Waals surface area contributed by atoms with Crippen LogP contribution in [0, 0.1) is 0 Å². The minimum Gasteiger partial charge on any atom is -0.305 e. The minimum atomic E-state index is 0.0378. The molecule has 0 aliphatic carbocycles. The van der Waals surface area contributed by atoms with Gasteiger partial charge >= 0.3 is 0 Å². The van der Waals surface area contributed by atoms with Gasteiger partial charge in [-0.3, -0.25) is 4.98 Å². The standard InChI is InChI=1S/C17H20Cl2N2/c1-3-9-20-17(13-7-8-14(18)15(19)11-13)16-12(4-2)6-5-10-21-16/h5-8,10-11,17,20H,3-4,9H2,1-2H3. The summed E-state index contributed by atoms with van der Waals surface area (Å²) in [6.07, 6.45) is 3.85. The van der Waals surface area contributed by atoms with Crippen molar-refractivity contribution in [1.82, 2.24) is 10.3 Å². The Labute approximate surface area is 136 Å². The van der Waals surface area contributed by atoms with Gasteiger partial charge in [-0.2, -0.15) is 0 Å². The number of hydrogen-bond acceptors (Lipinski definition) is 2. The summed E-state index contributed by atoms with van der Waals surface area (Å²) in [5, 5.41) is 4.71. The average molecular weight is 323 g/mol. The van der Waals surface area contributed by atoms with Crippen LogP contribution in [0.2, 0.25) is 10.0 Å². The quantitative estimate of drug-likeness (QED) is 0.805. The molecule has 0 spiro atoms. The Balaban J connectivity index is 2.44. The molecule has 1 N–H and O–H groups in total. The molecule has 0 bridgehead atoms. The summed E-state index contributed by atoms with van der Waals surface area (Å²) in [5.41, 5.74) is 3.40. The summed E-state index contributed by atoms with van der Waals surface area (Å²) in [5.74, 6) is 0. The molecule has 0 radical (unpaired) electrons. The number of halogens is 2. The molecule has 0 saturated heterocycles. The summed E-state index contributed by atoms with van der Waals surface area (Å²) in [6, 6.07) is 9.92. The van der Waals surface area contributed by atoms with Gasteiger partial charge in [-0.25, -0.2) is 0 Å². The van der Waals surface area contributed by atoms with Crippen molar-refractivity contribution in [3.63, 3.8) is 0 Å². The van der Waals surface area contributed by atoms with Crippen molar-refractivity contribution in [3.05, 3.63) is 63.4 Å². The number of benzene rings is 1. The van der Waals surface area contributed by atoms with Crippen LogP contribution in [0.3, 0.4) is 0 Å². The van der Waals surface area contributed by atoms with E-state index in [0.29, 0.717) is 10.0 Å². The van der Waals surface area contributed by atoms with E-state index < -0.39 is 0 Å². The molecule has 0 saturated carbocycles. The Hall–Kier alpha value is -1.09. The maximum atomic E-state index is 6.17. The van der Waals surface area contributed by atoms with E-state index in [9.17, 15) is 0 Å². The zero-order valence-corrected chi connectivity index (χ0v) is 13.9. The lowest BCUT2D eigenvalue weighted by atomic mass is 9.98. The lowest BCUT2D eigenvalue weighted by Crippen LogP contribution is -2.25. The number of nitrogens with zero attached hydrogens (tertiary/aromatic N) is 1. The summed E-state index contributed by atoms with van der Waals surface area (Å²) in [4.78, 5) is 4.59. The molecule has 0 fully saturated rings. The highest BCUT2D eigenvalue weighted by Crippen LogP contribution is 2.29. The lowest BCUT2D eigenvalue weighted by molar-refractivity contribution is 0.582. The SMILES string of the molecule is CCCNC(c1ccc(Cl)c(Cl)c1)c1ncccc1CC. The number of hydrogen-bond donors (Lipinski definition) is 1. The van der Waals surface area contributed by atoms with Crippen LogP contribution in [-0.2, 0) is 6.42 Å². The Morgan fingerprint density at radius 1 is 1.14 bits per heavy atom. The number of nitrogens with one attached hydrogen (secondary N) is 1. The van der Waals surface area contributed by atoms with E-state index >= 15 is 0 Å². The summed E-state index contributed by atoms with van der Waals surface area (Å²) in [6.45, 7) is 5.22. The zero-order chi connectivity index (χ0) is 15.2. The molecule has 0 aliphatic heterocycles. The molecule has 2 rings (SSSR count). The smallest absolute Gasteiger partial charge is 0.0754 e. The summed E-state index contributed by atoms with van der Waals surface area (Å²) >= 11 is 12.2. The molecule has 0 amide bonds. The molecule has 0 aliphatic rings. The second-order valence-electron chi connectivity index (χ2n) is 4.96. The second-order valence-corrected chi connectivity index (χ2v) is 5.78. The van der Waals surface area contributed by atoms with E-state index in [2.05, 4.69) is 30.2 Å². The maximum absolute atomic E-state index is 6.17. The largest absolute Gasteiger partial charge is 0.305 e. The Morgan fingerprint density at radius 3 is 2.62 bits per heavy atom. The fourth-order valence-corrected chi connectivity index (χ4v) is 2.67. The highest BCUT2D eigenvalue weighted by atomic mass is 35.5. The van der Waals surface area contributed by atoms with Gasteiger partial charge in [0.1, 0.15) is 0 Å². The molecular weight excluding hydrogens is 303 g/mol. The van der Waals surface area contributed by atoms with Crippen LogP contribution in [0.1, 0.15) is 43.1 Å². The van der Waals surface area contributed by atoms with Crippen molar-refractivity contribution in [3.8, 4) is 0 Å². The van der Waals surface area contributed by atoms with E-state index in [1.807, 2.05) is 30.5 Å². The third-order valence-corrected chi connectivity index (χ3v) is 4.19. The summed E-state index contributed by atoms with van der Waals surface area (Å²) in [7, 11) is 0. The average Bonchev–Trinajstić information content (AvgIpc) is 2.51. The topological polar surface area (TPSA) is 24.9 Å². The predicted octanol–water partition coefficient (Wildman–Crippen LogP) is 5.04. The Kier molecular flexibility index (Phi) is 6.04. The van der Waals surface area contributed by atoms with Crippen LogP contribution >= 0.6 is 23.2 Å². The molecule has 1 atom stereocenters. The van der Waals surface area contributed by atoms with Crippen molar-refractivity contribution in [2.45, 2.75) is 32.7 Å². The zero-order valence-electron chi connectivity index (χ0n) is 12.4. The van der Waals surface area contributed by atoms with E-state index in [0.717, 1.165) is 30.6 Å². The van der Waals surface area contributed by atoms with E-state index in [4.69, 9.17) is 23.2 Å². The molecule has 1 unspecified atom stereocenters. The Bertz CT molecular complexity index is 599.